The minimum atomic E-state index is -4.37. The van der Waals surface area contributed by atoms with E-state index in [9.17, 15) is 18.3 Å². The van der Waals surface area contributed by atoms with E-state index in [2.05, 4.69) is 4.98 Å². The van der Waals surface area contributed by atoms with Gasteiger partial charge in [0.15, 0.2) is 0 Å². The molecule has 0 saturated carbocycles. The average molecular weight is 345 g/mol. The molecule has 3 rings (SSSR count). The lowest BCUT2D eigenvalue weighted by molar-refractivity contribution is -0.137. The normalized spacial score (nSPS) is 12.1. The minimum absolute atomic E-state index is 0.0833. The van der Waals surface area contributed by atoms with Crippen molar-refractivity contribution in [2.75, 3.05) is 0 Å². The first-order valence-corrected chi connectivity index (χ1v) is 8.03. The SMILES string of the molecule is CC(C)c1nc2ccccc2c(-c2ccc(C(F)(F)F)cc2)c1CO. The van der Waals surface area contributed by atoms with E-state index < -0.39 is 11.7 Å². The minimum Gasteiger partial charge on any atom is -0.392 e. The fourth-order valence-electron chi connectivity index (χ4n) is 3.06. The number of alkyl halides is 3. The number of hydrogen-bond donors (Lipinski definition) is 1. The molecular formula is C20H18F3NO. The lowest BCUT2D eigenvalue weighted by Crippen LogP contribution is -2.06. The van der Waals surface area contributed by atoms with Gasteiger partial charge in [-0.05, 0) is 35.2 Å². The number of para-hydroxylation sites is 1. The maximum absolute atomic E-state index is 12.8. The van der Waals surface area contributed by atoms with Gasteiger partial charge in [0, 0.05) is 16.6 Å². The van der Waals surface area contributed by atoms with E-state index in [4.69, 9.17) is 0 Å². The monoisotopic (exact) mass is 345 g/mol. The largest absolute Gasteiger partial charge is 0.416 e. The van der Waals surface area contributed by atoms with Gasteiger partial charge in [-0.15, -0.1) is 0 Å². The third kappa shape index (κ3) is 3.24. The Labute approximate surface area is 144 Å². The third-order valence-electron chi connectivity index (χ3n) is 4.23. The quantitative estimate of drug-likeness (QED) is 0.676. The van der Waals surface area contributed by atoms with Crippen molar-refractivity contribution in [2.24, 2.45) is 0 Å². The molecule has 0 fully saturated rings. The van der Waals surface area contributed by atoms with Crippen LogP contribution in [0, 0.1) is 0 Å². The predicted octanol–water partition coefficient (Wildman–Crippen LogP) is 5.54. The van der Waals surface area contributed by atoms with Crippen molar-refractivity contribution in [1.82, 2.24) is 4.98 Å². The van der Waals surface area contributed by atoms with Crippen molar-refractivity contribution in [1.29, 1.82) is 0 Å². The number of pyridine rings is 1. The first kappa shape index (κ1) is 17.4. The van der Waals surface area contributed by atoms with Gasteiger partial charge < -0.3 is 5.11 Å². The molecule has 0 radical (unpaired) electrons. The first-order chi connectivity index (χ1) is 11.8. The summed E-state index contributed by atoms with van der Waals surface area (Å²) in [5.41, 5.74) is 2.87. The zero-order valence-corrected chi connectivity index (χ0v) is 13.9. The topological polar surface area (TPSA) is 33.1 Å². The molecule has 0 aliphatic heterocycles. The Bertz CT molecular complexity index is 899. The molecule has 130 valence electrons. The van der Waals surface area contributed by atoms with Gasteiger partial charge in [0.05, 0.1) is 17.7 Å². The van der Waals surface area contributed by atoms with Crippen LogP contribution in [-0.4, -0.2) is 10.1 Å². The van der Waals surface area contributed by atoms with Crippen LogP contribution < -0.4 is 0 Å². The molecule has 0 saturated heterocycles. The van der Waals surface area contributed by atoms with Gasteiger partial charge in [0.2, 0.25) is 0 Å². The molecule has 1 heterocycles. The molecule has 0 aliphatic rings. The summed E-state index contributed by atoms with van der Waals surface area (Å²) in [6, 6.07) is 12.5. The van der Waals surface area contributed by atoms with Gasteiger partial charge in [0.1, 0.15) is 0 Å². The van der Waals surface area contributed by atoms with Gasteiger partial charge in [0.25, 0.3) is 0 Å². The molecule has 5 heteroatoms. The Balaban J connectivity index is 2.30. The summed E-state index contributed by atoms with van der Waals surface area (Å²) >= 11 is 0. The van der Waals surface area contributed by atoms with E-state index in [-0.39, 0.29) is 12.5 Å². The molecule has 1 N–H and O–H groups in total. The van der Waals surface area contributed by atoms with Crippen LogP contribution in [0.4, 0.5) is 13.2 Å². The number of fused-ring (bicyclic) bond motifs is 1. The number of halogens is 3. The zero-order chi connectivity index (χ0) is 18.2. The number of hydrogen-bond acceptors (Lipinski definition) is 2. The number of aliphatic hydroxyl groups excluding tert-OH is 1. The van der Waals surface area contributed by atoms with Crippen LogP contribution in [0.5, 0.6) is 0 Å². The smallest absolute Gasteiger partial charge is 0.392 e. The highest BCUT2D eigenvalue weighted by Gasteiger charge is 2.30. The van der Waals surface area contributed by atoms with Crippen LogP contribution in [0.15, 0.2) is 48.5 Å². The summed E-state index contributed by atoms with van der Waals surface area (Å²) < 4.78 is 38.5. The summed E-state index contributed by atoms with van der Waals surface area (Å²) in [5, 5.41) is 10.7. The van der Waals surface area contributed by atoms with Crippen molar-refractivity contribution >= 4 is 10.9 Å². The molecule has 0 bridgehead atoms. The average Bonchev–Trinajstić information content (AvgIpc) is 2.59. The van der Waals surface area contributed by atoms with Crippen molar-refractivity contribution in [3.8, 4) is 11.1 Å². The van der Waals surface area contributed by atoms with E-state index in [1.54, 1.807) is 0 Å². The van der Waals surface area contributed by atoms with Crippen molar-refractivity contribution < 1.29 is 18.3 Å². The van der Waals surface area contributed by atoms with Crippen molar-refractivity contribution in [3.63, 3.8) is 0 Å². The number of rotatable bonds is 3. The van der Waals surface area contributed by atoms with Crippen LogP contribution in [0.25, 0.3) is 22.0 Å². The first-order valence-electron chi connectivity index (χ1n) is 8.03. The second kappa shape index (κ2) is 6.48. The molecule has 2 nitrogen and oxygen atoms in total. The summed E-state index contributed by atoms with van der Waals surface area (Å²) in [5.74, 6) is 0.0833. The van der Waals surface area contributed by atoms with E-state index in [1.807, 2.05) is 38.1 Å². The molecule has 25 heavy (non-hydrogen) atoms. The van der Waals surface area contributed by atoms with Crippen LogP contribution in [-0.2, 0) is 12.8 Å². The van der Waals surface area contributed by atoms with Crippen molar-refractivity contribution in [3.05, 3.63) is 65.4 Å². The van der Waals surface area contributed by atoms with Gasteiger partial charge in [-0.1, -0.05) is 44.2 Å². The van der Waals surface area contributed by atoms with Gasteiger partial charge in [-0.2, -0.15) is 13.2 Å². The highest BCUT2D eigenvalue weighted by atomic mass is 19.4. The standard InChI is InChI=1S/C20H18F3NO/c1-12(2)19-16(11-25)18(15-5-3-4-6-17(15)24-19)13-7-9-14(10-8-13)20(21,22)23/h3-10,12,25H,11H2,1-2H3. The Kier molecular flexibility index (Phi) is 4.52. The molecule has 3 aromatic rings. The second-order valence-corrected chi connectivity index (χ2v) is 6.26. The molecule has 0 spiro atoms. The van der Waals surface area contributed by atoms with E-state index in [0.717, 1.165) is 34.3 Å². The molecule has 0 atom stereocenters. The highest BCUT2D eigenvalue weighted by Crippen LogP contribution is 2.37. The third-order valence-corrected chi connectivity index (χ3v) is 4.23. The van der Waals surface area contributed by atoms with E-state index >= 15 is 0 Å². The zero-order valence-electron chi connectivity index (χ0n) is 13.9. The van der Waals surface area contributed by atoms with Crippen LogP contribution in [0.3, 0.4) is 0 Å². The molecule has 0 aliphatic carbocycles. The highest BCUT2D eigenvalue weighted by molar-refractivity contribution is 5.96. The van der Waals surface area contributed by atoms with Gasteiger partial charge >= 0.3 is 6.18 Å². The maximum atomic E-state index is 12.8. The fraction of sp³-hybridized carbons (Fsp3) is 0.250. The Morgan fingerprint density at radius 2 is 1.64 bits per heavy atom. The Morgan fingerprint density at radius 3 is 2.20 bits per heavy atom. The number of aromatic nitrogens is 1. The van der Waals surface area contributed by atoms with Gasteiger partial charge in [-0.3, -0.25) is 4.98 Å². The Hall–Kier alpha value is -2.40. The number of aliphatic hydroxyl groups is 1. The summed E-state index contributed by atoms with van der Waals surface area (Å²) in [6.45, 7) is 3.74. The molecule has 0 unspecified atom stereocenters. The van der Waals surface area contributed by atoms with Crippen LogP contribution in [0.2, 0.25) is 0 Å². The molecule has 0 amide bonds. The number of benzene rings is 2. The van der Waals surface area contributed by atoms with Gasteiger partial charge in [-0.25, -0.2) is 0 Å². The van der Waals surface area contributed by atoms with Crippen molar-refractivity contribution in [2.45, 2.75) is 32.5 Å². The predicted molar refractivity (Wildman–Crippen MR) is 92.2 cm³/mol. The van der Waals surface area contributed by atoms with Crippen LogP contribution in [0.1, 0.15) is 36.6 Å². The van der Waals surface area contributed by atoms with E-state index in [0.29, 0.717) is 11.1 Å². The maximum Gasteiger partial charge on any atom is 0.416 e. The Morgan fingerprint density at radius 1 is 1.00 bits per heavy atom. The fourth-order valence-corrected chi connectivity index (χ4v) is 3.06. The molecule has 1 aromatic heterocycles. The van der Waals surface area contributed by atoms with Crippen LogP contribution >= 0.6 is 0 Å². The molecule has 2 aromatic carbocycles. The summed E-state index contributed by atoms with van der Waals surface area (Å²) in [7, 11) is 0. The summed E-state index contributed by atoms with van der Waals surface area (Å²) in [4.78, 5) is 4.65. The second-order valence-electron chi connectivity index (χ2n) is 6.26. The lowest BCUT2D eigenvalue weighted by atomic mass is 9.91. The number of nitrogens with zero attached hydrogens (tertiary/aromatic N) is 1. The molecular weight excluding hydrogens is 327 g/mol. The lowest BCUT2D eigenvalue weighted by Gasteiger charge is -2.18. The summed E-state index contributed by atoms with van der Waals surface area (Å²) in [6.07, 6.45) is -4.37. The van der Waals surface area contributed by atoms with E-state index in [1.165, 1.54) is 12.1 Å².